The highest BCUT2D eigenvalue weighted by Crippen LogP contribution is 2.14. The third-order valence-electron chi connectivity index (χ3n) is 8.45. The van der Waals surface area contributed by atoms with Gasteiger partial charge in [0.1, 0.15) is 0 Å². The Morgan fingerprint density at radius 3 is 1.10 bits per heavy atom. The third kappa shape index (κ3) is 31.7. The Kier molecular flexibility index (Phi) is 32.5. The Labute approximate surface area is 256 Å². The van der Waals surface area contributed by atoms with Crippen molar-refractivity contribution in [2.45, 2.75) is 206 Å². The van der Waals surface area contributed by atoms with E-state index in [0.29, 0.717) is 19.4 Å². The summed E-state index contributed by atoms with van der Waals surface area (Å²) in [5.74, 6) is -0.108. The van der Waals surface area contributed by atoms with Gasteiger partial charge in [-0.05, 0) is 19.3 Å². The largest absolute Gasteiger partial charge is 0.356 e. The second-order valence-corrected chi connectivity index (χ2v) is 12.6. The molecule has 0 aromatic heterocycles. The van der Waals surface area contributed by atoms with E-state index in [1.165, 1.54) is 154 Å². The summed E-state index contributed by atoms with van der Waals surface area (Å²) >= 11 is 0. The van der Waals surface area contributed by atoms with Crippen molar-refractivity contribution in [1.82, 2.24) is 10.6 Å². The molecule has 5 nitrogen and oxygen atoms in total. The number of carbonyl (C=O) groups excluding carboxylic acids is 2. The van der Waals surface area contributed by atoms with Crippen LogP contribution in [0.5, 0.6) is 0 Å². The number of nitrogens with two attached hydrogens (primary N) is 1. The number of amides is 2. The van der Waals surface area contributed by atoms with Crippen molar-refractivity contribution >= 4 is 11.8 Å². The zero-order chi connectivity index (χ0) is 30.1. The Hall–Kier alpha value is -1.10. The Bertz CT molecular complexity index is 555. The quantitative estimate of drug-likeness (QED) is 0.0676. The van der Waals surface area contributed by atoms with Crippen molar-refractivity contribution in [1.29, 1.82) is 0 Å². The molecule has 0 aromatic rings. The average molecular weight is 580 g/mol. The molecule has 0 aliphatic carbocycles. The van der Waals surface area contributed by atoms with Crippen LogP contribution in [0.15, 0.2) is 0 Å². The van der Waals surface area contributed by atoms with Crippen molar-refractivity contribution in [2.24, 2.45) is 5.73 Å². The van der Waals surface area contributed by atoms with Crippen LogP contribution in [0.25, 0.3) is 0 Å². The van der Waals surface area contributed by atoms with Gasteiger partial charge < -0.3 is 16.4 Å². The van der Waals surface area contributed by atoms with E-state index in [1.54, 1.807) is 0 Å². The van der Waals surface area contributed by atoms with E-state index in [1.807, 2.05) is 0 Å². The molecule has 4 N–H and O–H groups in total. The fourth-order valence-electron chi connectivity index (χ4n) is 5.54. The van der Waals surface area contributed by atoms with E-state index in [-0.39, 0.29) is 11.8 Å². The van der Waals surface area contributed by atoms with E-state index in [0.717, 1.165) is 25.8 Å². The maximum atomic E-state index is 12.2. The second kappa shape index (κ2) is 33.4. The third-order valence-corrected chi connectivity index (χ3v) is 8.45. The molecule has 0 heterocycles. The monoisotopic (exact) mass is 580 g/mol. The lowest BCUT2D eigenvalue weighted by molar-refractivity contribution is -0.123. The highest BCUT2D eigenvalue weighted by Gasteiger charge is 2.14. The van der Waals surface area contributed by atoms with Gasteiger partial charge in [0.25, 0.3) is 0 Å². The van der Waals surface area contributed by atoms with Crippen molar-refractivity contribution < 1.29 is 9.59 Å². The van der Waals surface area contributed by atoms with Gasteiger partial charge in [-0.2, -0.15) is 0 Å². The van der Waals surface area contributed by atoms with Crippen LogP contribution in [-0.4, -0.2) is 30.9 Å². The highest BCUT2D eigenvalue weighted by atomic mass is 16.2. The predicted octanol–water partition coefficient (Wildman–Crippen LogP) is 9.90. The number of hydrogen-bond acceptors (Lipinski definition) is 3. The normalized spacial score (nSPS) is 12.0. The molecule has 0 bridgehead atoms. The fraction of sp³-hybridized carbons (Fsp3) is 0.944. The molecule has 1 atom stereocenters. The molecule has 41 heavy (non-hydrogen) atoms. The van der Waals surface area contributed by atoms with Crippen molar-refractivity contribution in [2.75, 3.05) is 13.1 Å². The summed E-state index contributed by atoms with van der Waals surface area (Å²) in [5.41, 5.74) is 6.01. The molecule has 0 aromatic carbocycles. The Balaban J connectivity index is 3.39. The predicted molar refractivity (Wildman–Crippen MR) is 179 cm³/mol. The summed E-state index contributed by atoms with van der Waals surface area (Å²) in [6.45, 7) is 5.97. The van der Waals surface area contributed by atoms with Gasteiger partial charge in [-0.25, -0.2) is 0 Å². The minimum atomic E-state index is -0.594. The summed E-state index contributed by atoms with van der Waals surface area (Å²) in [4.78, 5) is 24.3. The topological polar surface area (TPSA) is 84.2 Å². The van der Waals surface area contributed by atoms with Gasteiger partial charge in [0.05, 0.1) is 6.04 Å². The van der Waals surface area contributed by atoms with Crippen molar-refractivity contribution in [3.63, 3.8) is 0 Å². The van der Waals surface area contributed by atoms with Crippen LogP contribution < -0.4 is 16.4 Å². The lowest BCUT2D eigenvalue weighted by Gasteiger charge is -2.12. The average Bonchev–Trinajstić information content (AvgIpc) is 2.97. The second-order valence-electron chi connectivity index (χ2n) is 12.6. The molecule has 0 saturated heterocycles. The fourth-order valence-corrected chi connectivity index (χ4v) is 5.54. The van der Waals surface area contributed by atoms with Gasteiger partial charge in [-0.3, -0.25) is 9.59 Å². The minimum absolute atomic E-state index is 0.0134. The SMILES string of the molecule is CCCCCCCCCCCCCCCCNC(=O)CC[C@H](N)C(=O)NCCCCCCCCCCCCCCC. The summed E-state index contributed by atoms with van der Waals surface area (Å²) in [6, 6.07) is -0.594. The van der Waals surface area contributed by atoms with Crippen LogP contribution >= 0.6 is 0 Å². The lowest BCUT2D eigenvalue weighted by atomic mass is 10.0. The number of rotatable bonds is 33. The first kappa shape index (κ1) is 39.9. The first-order chi connectivity index (χ1) is 20.1. The van der Waals surface area contributed by atoms with Crippen molar-refractivity contribution in [3.05, 3.63) is 0 Å². The van der Waals surface area contributed by atoms with E-state index >= 15 is 0 Å². The van der Waals surface area contributed by atoms with E-state index in [4.69, 9.17) is 5.73 Å². The molecule has 244 valence electrons. The van der Waals surface area contributed by atoms with Crippen molar-refractivity contribution in [3.8, 4) is 0 Å². The minimum Gasteiger partial charge on any atom is -0.356 e. The Morgan fingerprint density at radius 1 is 0.463 bits per heavy atom. The van der Waals surface area contributed by atoms with Gasteiger partial charge in [-0.1, -0.05) is 174 Å². The smallest absolute Gasteiger partial charge is 0.236 e. The highest BCUT2D eigenvalue weighted by molar-refractivity contribution is 5.82. The standard InChI is InChI=1S/C36H73N3O2/c1-3-5-7-9-11-13-15-17-19-20-22-24-26-28-32-38-35(40)31-30-34(37)36(41)39-33-29-27-25-23-21-18-16-14-12-10-8-6-4-2/h34H,3-33,37H2,1-2H3,(H,38,40)(H,39,41)/t34-/m0/s1. The molecule has 2 amide bonds. The van der Waals surface area contributed by atoms with Gasteiger partial charge >= 0.3 is 0 Å². The first-order valence-corrected chi connectivity index (χ1v) is 18.4. The molecular weight excluding hydrogens is 506 g/mol. The summed E-state index contributed by atoms with van der Waals surface area (Å²) in [7, 11) is 0. The van der Waals surface area contributed by atoms with Gasteiger partial charge in [-0.15, -0.1) is 0 Å². The molecule has 0 unspecified atom stereocenters. The summed E-state index contributed by atoms with van der Waals surface area (Å²) in [5, 5.41) is 5.94. The zero-order valence-corrected chi connectivity index (χ0v) is 27.9. The van der Waals surface area contributed by atoms with Gasteiger partial charge in [0, 0.05) is 19.5 Å². The van der Waals surface area contributed by atoms with Crippen LogP contribution in [0, 0.1) is 0 Å². The van der Waals surface area contributed by atoms with Crippen LogP contribution in [0.4, 0.5) is 0 Å². The number of carbonyl (C=O) groups is 2. The maximum Gasteiger partial charge on any atom is 0.236 e. The molecule has 0 fully saturated rings. The van der Waals surface area contributed by atoms with Gasteiger partial charge in [0.15, 0.2) is 0 Å². The number of unbranched alkanes of at least 4 members (excludes halogenated alkanes) is 25. The van der Waals surface area contributed by atoms with Crippen LogP contribution in [-0.2, 0) is 9.59 Å². The summed E-state index contributed by atoms with van der Waals surface area (Å²) < 4.78 is 0. The summed E-state index contributed by atoms with van der Waals surface area (Å²) in [6.07, 6.45) is 36.6. The molecule has 0 aliphatic heterocycles. The maximum absolute atomic E-state index is 12.2. The zero-order valence-electron chi connectivity index (χ0n) is 27.9. The van der Waals surface area contributed by atoms with E-state index < -0.39 is 6.04 Å². The molecular formula is C36H73N3O2. The molecule has 5 heteroatoms. The number of hydrogen-bond donors (Lipinski definition) is 3. The molecule has 0 saturated carbocycles. The van der Waals surface area contributed by atoms with E-state index in [2.05, 4.69) is 24.5 Å². The molecule has 0 aliphatic rings. The molecule has 0 radical (unpaired) electrons. The number of nitrogens with one attached hydrogen (secondary N) is 2. The van der Waals surface area contributed by atoms with E-state index in [9.17, 15) is 9.59 Å². The lowest BCUT2D eigenvalue weighted by Crippen LogP contribution is -2.41. The van der Waals surface area contributed by atoms with Crippen LogP contribution in [0.2, 0.25) is 0 Å². The molecule has 0 spiro atoms. The molecule has 0 rings (SSSR count). The Morgan fingerprint density at radius 2 is 0.756 bits per heavy atom. The van der Waals surface area contributed by atoms with Crippen LogP contribution in [0.1, 0.15) is 200 Å². The first-order valence-electron chi connectivity index (χ1n) is 18.4. The van der Waals surface area contributed by atoms with Crippen LogP contribution in [0.3, 0.4) is 0 Å². The van der Waals surface area contributed by atoms with Gasteiger partial charge in [0.2, 0.25) is 11.8 Å².